The van der Waals surface area contributed by atoms with Crippen LogP contribution >= 0.6 is 0 Å². The van der Waals surface area contributed by atoms with Crippen LogP contribution in [0, 0.1) is 5.92 Å². The second kappa shape index (κ2) is 8.70. The van der Waals surface area contributed by atoms with Crippen LogP contribution in [-0.4, -0.2) is 78.8 Å². The Balaban J connectivity index is 1.21. The van der Waals surface area contributed by atoms with Crippen LogP contribution < -0.4 is 4.90 Å². The first-order chi connectivity index (χ1) is 15.6. The van der Waals surface area contributed by atoms with E-state index in [0.29, 0.717) is 37.2 Å². The lowest BCUT2D eigenvalue weighted by atomic mass is 9.93. The number of carbonyl (C=O) groups is 3. The van der Waals surface area contributed by atoms with Gasteiger partial charge in [0.2, 0.25) is 5.91 Å². The molecule has 0 radical (unpaired) electrons. The van der Waals surface area contributed by atoms with Crippen molar-refractivity contribution in [3.05, 3.63) is 54.1 Å². The van der Waals surface area contributed by atoms with Crippen molar-refractivity contribution in [2.45, 2.75) is 18.9 Å². The molecule has 0 N–H and O–H groups in total. The fourth-order valence-corrected chi connectivity index (χ4v) is 4.74. The van der Waals surface area contributed by atoms with Crippen molar-refractivity contribution < 1.29 is 19.1 Å². The van der Waals surface area contributed by atoms with Gasteiger partial charge < -0.3 is 14.5 Å². The molecule has 0 aromatic heterocycles. The monoisotopic (exact) mass is 434 g/mol. The minimum atomic E-state index is -0.496. The van der Waals surface area contributed by atoms with Crippen LogP contribution in [0.25, 0.3) is 0 Å². The lowest BCUT2D eigenvalue weighted by Gasteiger charge is -2.39. The first-order valence-electron chi connectivity index (χ1n) is 11.1. The molecule has 1 unspecified atom stereocenters. The molecular formula is C24H26N4O4. The van der Waals surface area contributed by atoms with Crippen molar-refractivity contribution in [3.63, 3.8) is 0 Å². The minimum absolute atomic E-state index is 0.0195. The molecule has 3 aliphatic heterocycles. The number of aliphatic imine (C=N–C) groups is 1. The summed E-state index contributed by atoms with van der Waals surface area (Å²) in [6, 6.07) is 6.99. The number of amides is 4. The quantitative estimate of drug-likeness (QED) is 0.729. The molecule has 1 atom stereocenters. The van der Waals surface area contributed by atoms with E-state index in [1.54, 1.807) is 29.2 Å². The number of piperidine rings is 1. The molecule has 3 heterocycles. The number of likely N-dealkylation sites (tertiary alicyclic amines) is 1. The maximum Gasteiger partial charge on any atom is 0.350 e. The highest BCUT2D eigenvalue weighted by molar-refractivity contribution is 6.21. The Morgan fingerprint density at radius 3 is 2.41 bits per heavy atom. The molecule has 0 saturated carbocycles. The number of rotatable bonds is 3. The predicted molar refractivity (Wildman–Crippen MR) is 120 cm³/mol. The summed E-state index contributed by atoms with van der Waals surface area (Å²) in [5, 5.41) is 0. The summed E-state index contributed by atoms with van der Waals surface area (Å²) >= 11 is 0. The van der Waals surface area contributed by atoms with Crippen LogP contribution in [0.1, 0.15) is 23.2 Å². The molecule has 1 aromatic rings. The normalized spacial score (nSPS) is 23.9. The van der Waals surface area contributed by atoms with Gasteiger partial charge in [0.1, 0.15) is 0 Å². The van der Waals surface area contributed by atoms with E-state index in [-0.39, 0.29) is 17.9 Å². The summed E-state index contributed by atoms with van der Waals surface area (Å²) in [7, 11) is 0. The van der Waals surface area contributed by atoms with Crippen LogP contribution in [0.5, 0.6) is 0 Å². The largest absolute Gasteiger partial charge is 0.378 e. The zero-order chi connectivity index (χ0) is 22.1. The predicted octanol–water partition coefficient (Wildman–Crippen LogP) is 2.27. The number of morpholine rings is 1. The minimum Gasteiger partial charge on any atom is -0.378 e. The van der Waals surface area contributed by atoms with Gasteiger partial charge in [0, 0.05) is 43.5 Å². The average Bonchev–Trinajstić information content (AvgIpc) is 2.85. The molecule has 5 rings (SSSR count). The van der Waals surface area contributed by atoms with E-state index in [4.69, 9.17) is 4.74 Å². The molecule has 4 amide bonds. The second-order valence-electron chi connectivity index (χ2n) is 8.42. The first-order valence-corrected chi connectivity index (χ1v) is 11.1. The highest BCUT2D eigenvalue weighted by Gasteiger charge is 2.41. The number of hydrogen-bond acceptors (Lipinski definition) is 5. The third kappa shape index (κ3) is 3.86. The zero-order valence-electron chi connectivity index (χ0n) is 17.9. The summed E-state index contributed by atoms with van der Waals surface area (Å²) in [4.78, 5) is 47.9. The van der Waals surface area contributed by atoms with Gasteiger partial charge in [-0.2, -0.15) is 4.99 Å². The molecule has 2 fully saturated rings. The van der Waals surface area contributed by atoms with E-state index >= 15 is 0 Å². The lowest BCUT2D eigenvalue weighted by Crippen LogP contribution is -2.54. The number of fused-ring (bicyclic) bond motifs is 1. The van der Waals surface area contributed by atoms with Gasteiger partial charge in [0.15, 0.2) is 0 Å². The molecule has 8 nitrogen and oxygen atoms in total. The van der Waals surface area contributed by atoms with Crippen molar-refractivity contribution in [2.75, 3.05) is 44.3 Å². The molecular weight excluding hydrogens is 408 g/mol. The molecule has 1 aromatic carbocycles. The SMILES string of the molecule is O=C(c1ccc(N2CCOCC2)cc1)N1CCC(N2C(=O)N=C3C=CC=CC3C2=O)CC1. The van der Waals surface area contributed by atoms with Gasteiger partial charge in [-0.15, -0.1) is 0 Å². The number of carbonyl (C=O) groups excluding carboxylic acids is 3. The summed E-state index contributed by atoms with van der Waals surface area (Å²) < 4.78 is 5.39. The van der Waals surface area contributed by atoms with Crippen LogP contribution in [0.4, 0.5) is 10.5 Å². The molecule has 8 heteroatoms. The average molecular weight is 434 g/mol. The Hall–Kier alpha value is -3.26. The Bertz CT molecular complexity index is 999. The number of ether oxygens (including phenoxy) is 1. The van der Waals surface area contributed by atoms with Gasteiger partial charge in [-0.05, 0) is 43.2 Å². The van der Waals surface area contributed by atoms with Gasteiger partial charge in [-0.25, -0.2) is 4.79 Å². The standard InChI is InChI=1S/C24H26N4O4/c29-22(17-5-7-18(8-6-17)26-13-15-32-16-14-26)27-11-9-19(10-12-27)28-23(30)20-3-1-2-4-21(20)25-24(28)31/h1-8,19-20H,9-16H2. The van der Waals surface area contributed by atoms with Gasteiger partial charge in [0.25, 0.3) is 5.91 Å². The molecule has 0 bridgehead atoms. The molecule has 0 spiro atoms. The summed E-state index contributed by atoms with van der Waals surface area (Å²) in [6.45, 7) is 4.15. The van der Waals surface area contributed by atoms with Crippen molar-refractivity contribution in [3.8, 4) is 0 Å². The molecule has 2 saturated heterocycles. The maximum atomic E-state index is 13.0. The summed E-state index contributed by atoms with van der Waals surface area (Å²) in [5.74, 6) is -0.722. The van der Waals surface area contributed by atoms with E-state index in [2.05, 4.69) is 9.89 Å². The fraction of sp³-hybridized carbons (Fsp3) is 0.417. The smallest absolute Gasteiger partial charge is 0.350 e. The van der Waals surface area contributed by atoms with E-state index in [0.717, 1.165) is 32.0 Å². The summed E-state index contributed by atoms with van der Waals surface area (Å²) in [5.41, 5.74) is 2.25. The van der Waals surface area contributed by atoms with Gasteiger partial charge in [-0.1, -0.05) is 18.2 Å². The van der Waals surface area contributed by atoms with E-state index < -0.39 is 11.9 Å². The van der Waals surface area contributed by atoms with Crippen molar-refractivity contribution in [1.29, 1.82) is 0 Å². The first kappa shape index (κ1) is 20.6. The van der Waals surface area contributed by atoms with Crippen LogP contribution in [0.3, 0.4) is 0 Å². The number of anilines is 1. The van der Waals surface area contributed by atoms with E-state index in [9.17, 15) is 14.4 Å². The molecule has 166 valence electrons. The Labute approximate surface area is 186 Å². The third-order valence-electron chi connectivity index (χ3n) is 6.54. The van der Waals surface area contributed by atoms with Crippen molar-refractivity contribution in [2.24, 2.45) is 10.9 Å². The zero-order valence-corrected chi connectivity index (χ0v) is 17.9. The molecule has 32 heavy (non-hydrogen) atoms. The number of allylic oxidation sites excluding steroid dienone is 3. The number of imide groups is 1. The van der Waals surface area contributed by atoms with Gasteiger partial charge in [-0.3, -0.25) is 14.5 Å². The number of benzene rings is 1. The van der Waals surface area contributed by atoms with Crippen molar-refractivity contribution >= 4 is 29.2 Å². The highest BCUT2D eigenvalue weighted by atomic mass is 16.5. The van der Waals surface area contributed by atoms with Crippen LogP contribution in [0.15, 0.2) is 53.6 Å². The summed E-state index contributed by atoms with van der Waals surface area (Å²) in [6.07, 6.45) is 8.20. The van der Waals surface area contributed by atoms with E-state index in [1.807, 2.05) is 24.3 Å². The fourth-order valence-electron chi connectivity index (χ4n) is 4.74. The Morgan fingerprint density at radius 1 is 0.969 bits per heavy atom. The van der Waals surface area contributed by atoms with Crippen LogP contribution in [0.2, 0.25) is 0 Å². The van der Waals surface area contributed by atoms with Crippen molar-refractivity contribution in [1.82, 2.24) is 9.80 Å². The van der Waals surface area contributed by atoms with Crippen LogP contribution in [-0.2, 0) is 9.53 Å². The van der Waals surface area contributed by atoms with E-state index in [1.165, 1.54) is 4.90 Å². The second-order valence-corrected chi connectivity index (χ2v) is 8.42. The molecule has 4 aliphatic rings. The number of hydrogen-bond donors (Lipinski definition) is 0. The van der Waals surface area contributed by atoms with Gasteiger partial charge >= 0.3 is 6.03 Å². The number of urea groups is 1. The highest BCUT2D eigenvalue weighted by Crippen LogP contribution is 2.27. The van der Waals surface area contributed by atoms with Gasteiger partial charge in [0.05, 0.1) is 24.8 Å². The maximum absolute atomic E-state index is 13.0. The third-order valence-corrected chi connectivity index (χ3v) is 6.54. The Morgan fingerprint density at radius 2 is 1.69 bits per heavy atom. The Kier molecular flexibility index (Phi) is 5.61. The topological polar surface area (TPSA) is 82.5 Å². The number of nitrogens with zero attached hydrogens (tertiary/aromatic N) is 4. The lowest BCUT2D eigenvalue weighted by molar-refractivity contribution is -0.131. The molecule has 1 aliphatic carbocycles.